The molecule has 6 nitrogen and oxygen atoms in total. The van der Waals surface area contributed by atoms with Crippen LogP contribution in [0.15, 0.2) is 65.6 Å². The molecule has 0 amide bonds. The van der Waals surface area contributed by atoms with E-state index in [1.54, 1.807) is 12.1 Å². The van der Waals surface area contributed by atoms with Gasteiger partial charge in [0.05, 0.1) is 4.90 Å². The Morgan fingerprint density at radius 2 is 1.65 bits per heavy atom. The van der Waals surface area contributed by atoms with Crippen LogP contribution in [0.4, 0.5) is 14.5 Å². The summed E-state index contributed by atoms with van der Waals surface area (Å²) in [6, 6.07) is 13.6. The fourth-order valence-corrected chi connectivity index (χ4v) is 4.78. The van der Waals surface area contributed by atoms with Crippen LogP contribution in [0.2, 0.25) is 0 Å². The number of fused-ring (bicyclic) bond motifs is 1. The lowest BCUT2D eigenvalue weighted by atomic mass is 9.87. The zero-order valence-corrected chi connectivity index (χ0v) is 19.4. The Morgan fingerprint density at radius 1 is 0.971 bits per heavy atom. The first-order chi connectivity index (χ1) is 15.9. The molecule has 1 aromatic heterocycles. The van der Waals surface area contributed by atoms with Crippen molar-refractivity contribution in [3.63, 3.8) is 0 Å². The van der Waals surface area contributed by atoms with Gasteiger partial charge in [-0.1, -0.05) is 32.9 Å². The predicted molar refractivity (Wildman–Crippen MR) is 127 cm³/mol. The second-order valence-electron chi connectivity index (χ2n) is 8.94. The van der Waals surface area contributed by atoms with Gasteiger partial charge in [-0.3, -0.25) is 4.72 Å². The van der Waals surface area contributed by atoms with Crippen LogP contribution in [-0.4, -0.2) is 24.5 Å². The van der Waals surface area contributed by atoms with Crippen molar-refractivity contribution in [3.8, 4) is 11.1 Å². The van der Waals surface area contributed by atoms with Crippen molar-refractivity contribution < 1.29 is 27.1 Å². The molecule has 0 fully saturated rings. The van der Waals surface area contributed by atoms with Gasteiger partial charge in [0, 0.05) is 27.7 Å². The summed E-state index contributed by atoms with van der Waals surface area (Å²) in [6.07, 6.45) is 0. The van der Waals surface area contributed by atoms with Crippen molar-refractivity contribution in [1.82, 2.24) is 4.98 Å². The van der Waals surface area contributed by atoms with Gasteiger partial charge in [0.2, 0.25) is 0 Å². The first kappa shape index (κ1) is 23.4. The molecule has 3 aromatic carbocycles. The van der Waals surface area contributed by atoms with Crippen LogP contribution < -0.4 is 4.72 Å². The number of benzene rings is 3. The number of aromatic nitrogens is 1. The number of H-pyrrole nitrogens is 1. The largest absolute Gasteiger partial charge is 0.477 e. The highest BCUT2D eigenvalue weighted by molar-refractivity contribution is 7.92. The number of aromatic amines is 1. The van der Waals surface area contributed by atoms with Crippen LogP contribution in [-0.2, 0) is 15.4 Å². The summed E-state index contributed by atoms with van der Waals surface area (Å²) in [5, 5.41) is 9.84. The molecule has 1 heterocycles. The van der Waals surface area contributed by atoms with E-state index in [1.807, 2.05) is 20.8 Å². The third kappa shape index (κ3) is 4.38. The number of nitrogens with one attached hydrogen (secondary N) is 2. The van der Waals surface area contributed by atoms with Gasteiger partial charge in [0.15, 0.2) is 0 Å². The lowest BCUT2D eigenvalue weighted by molar-refractivity contribution is 0.0692. The number of sulfonamides is 1. The zero-order valence-electron chi connectivity index (χ0n) is 18.6. The minimum atomic E-state index is -3.96. The van der Waals surface area contributed by atoms with Crippen LogP contribution in [0, 0.1) is 11.6 Å². The van der Waals surface area contributed by atoms with Crippen molar-refractivity contribution in [3.05, 3.63) is 83.6 Å². The zero-order chi connectivity index (χ0) is 24.8. The van der Waals surface area contributed by atoms with E-state index in [1.165, 1.54) is 30.3 Å². The average Bonchev–Trinajstić information content (AvgIpc) is 3.13. The Labute approximate surface area is 195 Å². The fraction of sp³-hybridized carbons (Fsp3) is 0.160. The quantitative estimate of drug-likeness (QED) is 0.328. The van der Waals surface area contributed by atoms with Gasteiger partial charge in [-0.25, -0.2) is 22.0 Å². The maximum atomic E-state index is 14.5. The molecule has 0 bridgehead atoms. The summed E-state index contributed by atoms with van der Waals surface area (Å²) in [5.74, 6) is -2.91. The molecule has 34 heavy (non-hydrogen) atoms. The summed E-state index contributed by atoms with van der Waals surface area (Å²) in [7, 11) is -3.96. The van der Waals surface area contributed by atoms with E-state index >= 15 is 0 Å². The molecule has 0 aliphatic rings. The van der Waals surface area contributed by atoms with Gasteiger partial charge in [-0.2, -0.15) is 0 Å². The van der Waals surface area contributed by atoms with Crippen molar-refractivity contribution in [2.24, 2.45) is 0 Å². The highest BCUT2D eigenvalue weighted by Gasteiger charge is 2.23. The number of aromatic carboxylic acids is 1. The Hall–Kier alpha value is -3.72. The van der Waals surface area contributed by atoms with Crippen molar-refractivity contribution in [2.75, 3.05) is 4.72 Å². The standard InChI is InChI=1S/C25H22F2N2O4S/c1-25(2,3)14-4-8-17(9-5-14)34(32,33)29-16-7-11-21-19(13-16)22(23(28-21)24(30)31)18-12-15(26)6-10-20(18)27/h4-13,28-29H,1-3H3,(H,30,31). The molecular formula is C25H22F2N2O4S. The second-order valence-corrected chi connectivity index (χ2v) is 10.6. The molecule has 176 valence electrons. The predicted octanol–water partition coefficient (Wildman–Crippen LogP) is 5.91. The maximum Gasteiger partial charge on any atom is 0.352 e. The number of hydrogen-bond donors (Lipinski definition) is 3. The summed E-state index contributed by atoms with van der Waals surface area (Å²) in [5.41, 5.74) is 0.645. The average molecular weight is 485 g/mol. The lowest BCUT2D eigenvalue weighted by Gasteiger charge is -2.19. The van der Waals surface area contributed by atoms with E-state index in [0.717, 1.165) is 23.8 Å². The Kier molecular flexibility index (Phi) is 5.69. The fourth-order valence-electron chi connectivity index (χ4n) is 3.73. The second kappa shape index (κ2) is 8.25. The van der Waals surface area contributed by atoms with Crippen molar-refractivity contribution in [1.29, 1.82) is 0 Å². The van der Waals surface area contributed by atoms with E-state index in [9.17, 15) is 27.1 Å². The van der Waals surface area contributed by atoms with Gasteiger partial charge < -0.3 is 10.1 Å². The topological polar surface area (TPSA) is 99.3 Å². The first-order valence-electron chi connectivity index (χ1n) is 10.3. The van der Waals surface area contributed by atoms with Crippen LogP contribution in [0.3, 0.4) is 0 Å². The number of carbonyl (C=O) groups is 1. The number of anilines is 1. The van der Waals surface area contributed by atoms with Crippen LogP contribution in [0.5, 0.6) is 0 Å². The van der Waals surface area contributed by atoms with Crippen LogP contribution >= 0.6 is 0 Å². The molecule has 0 atom stereocenters. The minimum Gasteiger partial charge on any atom is -0.477 e. The minimum absolute atomic E-state index is 0.0530. The van der Waals surface area contributed by atoms with Gasteiger partial charge in [0.25, 0.3) is 10.0 Å². The normalized spacial score (nSPS) is 12.1. The van der Waals surface area contributed by atoms with Gasteiger partial charge in [-0.15, -0.1) is 0 Å². The molecule has 0 saturated heterocycles. The molecule has 0 spiro atoms. The summed E-state index contributed by atoms with van der Waals surface area (Å²) in [4.78, 5) is 14.5. The molecule has 0 saturated carbocycles. The SMILES string of the molecule is CC(C)(C)c1ccc(S(=O)(=O)Nc2ccc3[nH]c(C(=O)O)c(-c4cc(F)ccc4F)c3c2)cc1. The number of rotatable bonds is 5. The number of hydrogen-bond acceptors (Lipinski definition) is 3. The highest BCUT2D eigenvalue weighted by Crippen LogP contribution is 2.36. The smallest absolute Gasteiger partial charge is 0.352 e. The van der Waals surface area contributed by atoms with E-state index in [2.05, 4.69) is 9.71 Å². The first-order valence-corrected chi connectivity index (χ1v) is 11.8. The molecular weight excluding hydrogens is 462 g/mol. The summed E-state index contributed by atoms with van der Waals surface area (Å²) in [6.45, 7) is 6.06. The number of halogens is 2. The summed E-state index contributed by atoms with van der Waals surface area (Å²) < 4.78 is 56.7. The van der Waals surface area contributed by atoms with Crippen LogP contribution in [0.1, 0.15) is 36.8 Å². The van der Waals surface area contributed by atoms with Gasteiger partial charge in [-0.05, 0) is 59.5 Å². The number of carboxylic acid groups (broad SMARTS) is 1. The monoisotopic (exact) mass is 484 g/mol. The molecule has 4 aromatic rings. The van der Waals surface area contributed by atoms with Crippen LogP contribution in [0.25, 0.3) is 22.0 Å². The highest BCUT2D eigenvalue weighted by atomic mass is 32.2. The van der Waals surface area contributed by atoms with E-state index in [-0.39, 0.29) is 38.2 Å². The van der Waals surface area contributed by atoms with Gasteiger partial charge in [0.1, 0.15) is 17.3 Å². The van der Waals surface area contributed by atoms with E-state index in [0.29, 0.717) is 5.52 Å². The van der Waals surface area contributed by atoms with E-state index < -0.39 is 27.6 Å². The molecule has 9 heteroatoms. The summed E-state index contributed by atoms with van der Waals surface area (Å²) >= 11 is 0. The molecule has 4 rings (SSSR count). The molecule has 0 aliphatic carbocycles. The molecule has 0 radical (unpaired) electrons. The molecule has 0 aliphatic heterocycles. The van der Waals surface area contributed by atoms with E-state index in [4.69, 9.17) is 0 Å². The van der Waals surface area contributed by atoms with Gasteiger partial charge >= 0.3 is 5.97 Å². The Balaban J connectivity index is 1.79. The molecule has 3 N–H and O–H groups in total. The lowest BCUT2D eigenvalue weighted by Crippen LogP contribution is -2.14. The molecule has 0 unspecified atom stereocenters. The third-order valence-corrected chi connectivity index (χ3v) is 6.89. The van der Waals surface area contributed by atoms with Crippen molar-refractivity contribution in [2.45, 2.75) is 31.1 Å². The number of carboxylic acids is 1. The third-order valence-electron chi connectivity index (χ3n) is 5.49. The van der Waals surface area contributed by atoms with Crippen molar-refractivity contribution >= 4 is 32.6 Å². The maximum absolute atomic E-state index is 14.5. The Morgan fingerprint density at radius 3 is 2.26 bits per heavy atom. The Bertz CT molecular complexity index is 1520.